The smallest absolute Gasteiger partial charge is 0.313 e. The van der Waals surface area contributed by atoms with E-state index in [0.717, 1.165) is 18.5 Å². The topological polar surface area (TPSA) is 76.0 Å². The maximum Gasteiger partial charge on any atom is 0.313 e. The standard InChI is InChI=1S/C17H19ClN4O2/c1-10-15(9-19-22(10)2)21-17(24)16(23)20-14-7-12(8-14)11-3-5-13(18)6-4-11/h3-6,9,12,14H,7-8H2,1-2H3,(H,20,23)(H,21,24). The summed E-state index contributed by atoms with van der Waals surface area (Å²) in [5, 5.41) is 10.1. The van der Waals surface area contributed by atoms with E-state index in [2.05, 4.69) is 15.7 Å². The third-order valence-electron chi connectivity index (χ3n) is 4.50. The molecule has 1 aromatic heterocycles. The zero-order valence-corrected chi connectivity index (χ0v) is 14.3. The van der Waals surface area contributed by atoms with Crippen molar-refractivity contribution < 1.29 is 9.59 Å². The highest BCUT2D eigenvalue weighted by Crippen LogP contribution is 2.37. The zero-order valence-electron chi connectivity index (χ0n) is 13.5. The number of hydrogen-bond donors (Lipinski definition) is 2. The molecule has 0 unspecified atom stereocenters. The van der Waals surface area contributed by atoms with Gasteiger partial charge in [-0.3, -0.25) is 14.3 Å². The Morgan fingerprint density at radius 3 is 2.46 bits per heavy atom. The minimum atomic E-state index is -0.666. The third kappa shape index (κ3) is 3.43. The predicted molar refractivity (Wildman–Crippen MR) is 91.9 cm³/mol. The Labute approximate surface area is 145 Å². The first kappa shape index (κ1) is 16.5. The molecule has 1 aliphatic carbocycles. The lowest BCUT2D eigenvalue weighted by molar-refractivity contribution is -0.137. The molecule has 1 saturated carbocycles. The van der Waals surface area contributed by atoms with E-state index in [4.69, 9.17) is 11.6 Å². The van der Waals surface area contributed by atoms with E-state index in [1.807, 2.05) is 31.2 Å². The maximum absolute atomic E-state index is 12.0. The lowest BCUT2D eigenvalue weighted by Gasteiger charge is -2.36. The molecule has 0 radical (unpaired) electrons. The van der Waals surface area contributed by atoms with E-state index in [-0.39, 0.29) is 6.04 Å². The number of carbonyl (C=O) groups is 2. The first-order valence-electron chi connectivity index (χ1n) is 7.80. The summed E-state index contributed by atoms with van der Waals surface area (Å²) < 4.78 is 1.64. The molecule has 1 heterocycles. The number of anilines is 1. The number of aromatic nitrogens is 2. The monoisotopic (exact) mass is 346 g/mol. The van der Waals surface area contributed by atoms with Crippen LogP contribution in [0.1, 0.15) is 30.0 Å². The molecule has 6 nitrogen and oxygen atoms in total. The van der Waals surface area contributed by atoms with Crippen LogP contribution in [0.5, 0.6) is 0 Å². The quantitative estimate of drug-likeness (QED) is 0.838. The van der Waals surface area contributed by atoms with Gasteiger partial charge in [-0.2, -0.15) is 5.10 Å². The van der Waals surface area contributed by atoms with Crippen LogP contribution < -0.4 is 10.6 Å². The van der Waals surface area contributed by atoms with Crippen LogP contribution in [0.3, 0.4) is 0 Å². The van der Waals surface area contributed by atoms with E-state index in [0.29, 0.717) is 16.6 Å². The van der Waals surface area contributed by atoms with Crippen molar-refractivity contribution in [3.63, 3.8) is 0 Å². The summed E-state index contributed by atoms with van der Waals surface area (Å²) in [6, 6.07) is 7.77. The Morgan fingerprint density at radius 2 is 1.88 bits per heavy atom. The number of nitrogens with one attached hydrogen (secondary N) is 2. The van der Waals surface area contributed by atoms with Crippen LogP contribution in [-0.4, -0.2) is 27.6 Å². The Morgan fingerprint density at radius 1 is 1.21 bits per heavy atom. The molecule has 0 atom stereocenters. The Hall–Kier alpha value is -2.34. The summed E-state index contributed by atoms with van der Waals surface area (Å²) in [6.07, 6.45) is 3.18. The summed E-state index contributed by atoms with van der Waals surface area (Å²) in [7, 11) is 1.77. The number of carbonyl (C=O) groups excluding carboxylic acids is 2. The van der Waals surface area contributed by atoms with E-state index in [9.17, 15) is 9.59 Å². The van der Waals surface area contributed by atoms with Gasteiger partial charge in [0.15, 0.2) is 0 Å². The molecule has 126 valence electrons. The van der Waals surface area contributed by atoms with Gasteiger partial charge >= 0.3 is 11.8 Å². The minimum absolute atomic E-state index is 0.0268. The molecule has 1 aromatic carbocycles. The van der Waals surface area contributed by atoms with Gasteiger partial charge in [0.05, 0.1) is 17.6 Å². The van der Waals surface area contributed by atoms with E-state index >= 15 is 0 Å². The molecule has 0 aliphatic heterocycles. The van der Waals surface area contributed by atoms with Crippen LogP contribution in [0.25, 0.3) is 0 Å². The Balaban J connectivity index is 1.48. The van der Waals surface area contributed by atoms with Crippen molar-refractivity contribution in [2.24, 2.45) is 7.05 Å². The fourth-order valence-electron chi connectivity index (χ4n) is 2.79. The van der Waals surface area contributed by atoms with Gasteiger partial charge in [0.2, 0.25) is 0 Å². The number of nitrogens with zero attached hydrogens (tertiary/aromatic N) is 2. The van der Waals surface area contributed by atoms with Gasteiger partial charge in [0, 0.05) is 18.1 Å². The molecule has 2 aromatic rings. The van der Waals surface area contributed by atoms with E-state index in [1.165, 1.54) is 11.8 Å². The van der Waals surface area contributed by atoms with Crippen LogP contribution in [0.4, 0.5) is 5.69 Å². The van der Waals surface area contributed by atoms with Crippen molar-refractivity contribution in [1.82, 2.24) is 15.1 Å². The fraction of sp³-hybridized carbons (Fsp3) is 0.353. The molecule has 0 bridgehead atoms. The largest absolute Gasteiger partial charge is 0.345 e. The predicted octanol–water partition coefficient (Wildman–Crippen LogP) is 2.38. The van der Waals surface area contributed by atoms with Crippen molar-refractivity contribution in [2.45, 2.75) is 31.7 Å². The van der Waals surface area contributed by atoms with Gasteiger partial charge in [-0.05, 0) is 43.4 Å². The van der Waals surface area contributed by atoms with E-state index in [1.54, 1.807) is 11.7 Å². The van der Waals surface area contributed by atoms with Crippen LogP contribution in [0, 0.1) is 6.92 Å². The molecular formula is C17H19ClN4O2. The average Bonchev–Trinajstić information content (AvgIpc) is 2.83. The maximum atomic E-state index is 12.0. The molecule has 0 spiro atoms. The number of benzene rings is 1. The van der Waals surface area contributed by atoms with Gasteiger partial charge in [0.1, 0.15) is 0 Å². The number of hydrogen-bond acceptors (Lipinski definition) is 3. The second kappa shape index (κ2) is 6.65. The van der Waals surface area contributed by atoms with Gasteiger partial charge < -0.3 is 10.6 Å². The molecule has 3 rings (SSSR count). The van der Waals surface area contributed by atoms with Crippen LogP contribution >= 0.6 is 11.6 Å². The number of halogens is 1. The molecule has 24 heavy (non-hydrogen) atoms. The van der Waals surface area contributed by atoms with Crippen LogP contribution in [0.2, 0.25) is 5.02 Å². The minimum Gasteiger partial charge on any atom is -0.345 e. The molecular weight excluding hydrogens is 328 g/mol. The molecule has 2 amide bonds. The number of amides is 2. The normalized spacial score (nSPS) is 19.5. The zero-order chi connectivity index (χ0) is 17.3. The molecule has 7 heteroatoms. The van der Waals surface area contributed by atoms with Crippen molar-refractivity contribution in [2.75, 3.05) is 5.32 Å². The lowest BCUT2D eigenvalue weighted by atomic mass is 9.76. The van der Waals surface area contributed by atoms with E-state index < -0.39 is 11.8 Å². The number of rotatable bonds is 3. The summed E-state index contributed by atoms with van der Waals surface area (Å²) in [5.74, 6) is -0.880. The summed E-state index contributed by atoms with van der Waals surface area (Å²) in [5.41, 5.74) is 2.55. The molecule has 2 N–H and O–H groups in total. The van der Waals surface area contributed by atoms with Crippen molar-refractivity contribution in [1.29, 1.82) is 0 Å². The van der Waals surface area contributed by atoms with Crippen LogP contribution in [0.15, 0.2) is 30.5 Å². The third-order valence-corrected chi connectivity index (χ3v) is 4.76. The first-order valence-corrected chi connectivity index (χ1v) is 8.17. The molecule has 1 fully saturated rings. The number of aryl methyl sites for hydroxylation is 1. The highest BCUT2D eigenvalue weighted by atomic mass is 35.5. The Bertz CT molecular complexity index is 763. The second-order valence-corrected chi connectivity index (χ2v) is 6.55. The fourth-order valence-corrected chi connectivity index (χ4v) is 2.92. The SMILES string of the molecule is Cc1c(NC(=O)C(=O)NC2CC(c3ccc(Cl)cc3)C2)cnn1C. The van der Waals surface area contributed by atoms with Gasteiger partial charge in [-0.1, -0.05) is 23.7 Å². The molecule has 0 saturated heterocycles. The lowest BCUT2D eigenvalue weighted by Crippen LogP contribution is -2.47. The Kier molecular flexibility index (Phi) is 4.57. The van der Waals surface area contributed by atoms with Gasteiger partial charge in [-0.25, -0.2) is 0 Å². The van der Waals surface area contributed by atoms with Gasteiger partial charge in [-0.15, -0.1) is 0 Å². The average molecular weight is 347 g/mol. The second-order valence-electron chi connectivity index (χ2n) is 6.11. The highest BCUT2D eigenvalue weighted by molar-refractivity contribution is 6.39. The summed E-state index contributed by atoms with van der Waals surface area (Å²) in [4.78, 5) is 24.0. The first-order chi connectivity index (χ1) is 11.4. The molecule has 1 aliphatic rings. The van der Waals surface area contributed by atoms with Crippen molar-refractivity contribution >= 4 is 29.1 Å². The van der Waals surface area contributed by atoms with Crippen molar-refractivity contribution in [3.8, 4) is 0 Å². The highest BCUT2D eigenvalue weighted by Gasteiger charge is 2.32. The summed E-state index contributed by atoms with van der Waals surface area (Å²) >= 11 is 5.88. The summed E-state index contributed by atoms with van der Waals surface area (Å²) in [6.45, 7) is 1.82. The van der Waals surface area contributed by atoms with Crippen LogP contribution in [-0.2, 0) is 16.6 Å². The van der Waals surface area contributed by atoms with Crippen molar-refractivity contribution in [3.05, 3.63) is 46.7 Å². The van der Waals surface area contributed by atoms with Gasteiger partial charge in [0.25, 0.3) is 0 Å².